The normalized spacial score (nSPS) is 20.0. The molecule has 0 atom stereocenters. The number of amides is 1. The van der Waals surface area contributed by atoms with E-state index in [-0.39, 0.29) is 5.91 Å². The van der Waals surface area contributed by atoms with E-state index in [1.54, 1.807) is 11.3 Å². The predicted octanol–water partition coefficient (Wildman–Crippen LogP) is 3.09. The molecule has 3 rings (SSSR count). The number of anilines is 2. The van der Waals surface area contributed by atoms with E-state index >= 15 is 0 Å². The molecule has 0 bridgehead atoms. The Hall–Kier alpha value is -1.23. The molecule has 2 heterocycles. The molecule has 1 aromatic rings. The van der Waals surface area contributed by atoms with E-state index in [1.165, 1.54) is 12.8 Å². The molecule has 21 heavy (non-hydrogen) atoms. The van der Waals surface area contributed by atoms with Crippen molar-refractivity contribution in [1.29, 1.82) is 0 Å². The second kappa shape index (κ2) is 5.87. The van der Waals surface area contributed by atoms with Crippen LogP contribution in [0.1, 0.15) is 49.2 Å². The summed E-state index contributed by atoms with van der Waals surface area (Å²) in [6.45, 7) is 6.77. The summed E-state index contributed by atoms with van der Waals surface area (Å²) in [7, 11) is 0. The maximum absolute atomic E-state index is 12.2. The van der Waals surface area contributed by atoms with Crippen LogP contribution in [0.3, 0.4) is 0 Å². The van der Waals surface area contributed by atoms with Gasteiger partial charge in [0.25, 0.3) is 5.91 Å². The van der Waals surface area contributed by atoms with Gasteiger partial charge in [-0.2, -0.15) is 0 Å². The molecule has 0 spiro atoms. The van der Waals surface area contributed by atoms with E-state index in [9.17, 15) is 4.79 Å². The highest BCUT2D eigenvalue weighted by Crippen LogP contribution is 2.36. The van der Waals surface area contributed by atoms with Crippen molar-refractivity contribution in [2.75, 3.05) is 23.7 Å². The zero-order valence-electron chi connectivity index (χ0n) is 12.9. The van der Waals surface area contributed by atoms with Crippen LogP contribution < -0.4 is 16.0 Å². The first-order chi connectivity index (χ1) is 10.0. The van der Waals surface area contributed by atoms with Crippen molar-refractivity contribution in [3.05, 3.63) is 10.9 Å². The number of rotatable bonds is 4. The van der Waals surface area contributed by atoms with Gasteiger partial charge in [-0.25, -0.2) is 0 Å². The van der Waals surface area contributed by atoms with Crippen LogP contribution in [0, 0.1) is 11.8 Å². The Labute approximate surface area is 130 Å². The molecule has 0 radical (unpaired) electrons. The highest BCUT2D eigenvalue weighted by atomic mass is 32.1. The van der Waals surface area contributed by atoms with Crippen LogP contribution in [-0.4, -0.2) is 25.0 Å². The molecule has 1 saturated carbocycles. The van der Waals surface area contributed by atoms with Crippen LogP contribution in [0.4, 0.5) is 10.7 Å². The second-order valence-electron chi connectivity index (χ2n) is 6.69. The summed E-state index contributed by atoms with van der Waals surface area (Å²) in [6.07, 6.45) is 4.68. The molecule has 1 saturated heterocycles. The van der Waals surface area contributed by atoms with Gasteiger partial charge in [-0.3, -0.25) is 4.79 Å². The lowest BCUT2D eigenvalue weighted by Crippen LogP contribution is -2.34. The third-order valence-electron chi connectivity index (χ3n) is 4.66. The number of piperidine rings is 1. The molecule has 1 aromatic heterocycles. The minimum Gasteiger partial charge on any atom is -0.397 e. The van der Waals surface area contributed by atoms with E-state index < -0.39 is 0 Å². The first kappa shape index (κ1) is 14.7. The Bertz CT molecular complexity index is 514. The Morgan fingerprint density at radius 2 is 2.00 bits per heavy atom. The summed E-state index contributed by atoms with van der Waals surface area (Å²) in [4.78, 5) is 15.2. The Morgan fingerprint density at radius 1 is 1.33 bits per heavy atom. The highest BCUT2D eigenvalue weighted by Gasteiger charge is 2.27. The van der Waals surface area contributed by atoms with E-state index in [2.05, 4.69) is 24.1 Å². The fraction of sp³-hybridized carbons (Fsp3) is 0.688. The van der Waals surface area contributed by atoms with Crippen molar-refractivity contribution in [3.8, 4) is 0 Å². The van der Waals surface area contributed by atoms with Gasteiger partial charge in [-0.05, 0) is 43.6 Å². The van der Waals surface area contributed by atoms with Gasteiger partial charge in [0.05, 0.1) is 10.7 Å². The molecular weight excluding hydrogens is 282 g/mol. The minimum atomic E-state index is 0.00307. The standard InChI is InChI=1S/C16H25N3OS/c1-10(2)11-5-7-19(8-6-11)14-9-13(17)15(21-14)16(20)18-12-3-4-12/h9-12H,3-8,17H2,1-2H3,(H,18,20). The number of nitrogens with two attached hydrogens (primary N) is 1. The number of hydrogen-bond donors (Lipinski definition) is 2. The molecule has 0 aromatic carbocycles. The lowest BCUT2D eigenvalue weighted by Gasteiger charge is -2.34. The maximum Gasteiger partial charge on any atom is 0.263 e. The number of hydrogen-bond acceptors (Lipinski definition) is 4. The molecule has 2 aliphatic rings. The molecular formula is C16H25N3OS. The summed E-state index contributed by atoms with van der Waals surface area (Å²) in [5.41, 5.74) is 6.67. The summed E-state index contributed by atoms with van der Waals surface area (Å²) >= 11 is 1.54. The molecule has 2 fully saturated rings. The fourth-order valence-electron chi connectivity index (χ4n) is 2.99. The number of carbonyl (C=O) groups is 1. The molecule has 0 unspecified atom stereocenters. The van der Waals surface area contributed by atoms with Crippen LogP contribution in [0.15, 0.2) is 6.07 Å². The number of nitrogens with zero attached hydrogens (tertiary/aromatic N) is 1. The van der Waals surface area contributed by atoms with Crippen molar-refractivity contribution in [2.24, 2.45) is 11.8 Å². The van der Waals surface area contributed by atoms with Crippen molar-refractivity contribution >= 4 is 27.9 Å². The molecule has 5 heteroatoms. The van der Waals surface area contributed by atoms with Gasteiger partial charge in [0.15, 0.2) is 0 Å². The Kier molecular flexibility index (Phi) is 4.11. The SMILES string of the molecule is CC(C)C1CCN(c2cc(N)c(C(=O)NC3CC3)s2)CC1. The molecule has 3 N–H and O–H groups in total. The predicted molar refractivity (Wildman–Crippen MR) is 89.0 cm³/mol. The third kappa shape index (κ3) is 3.34. The van der Waals surface area contributed by atoms with Crippen molar-refractivity contribution < 1.29 is 4.79 Å². The van der Waals surface area contributed by atoms with E-state index in [1.807, 2.05) is 6.07 Å². The summed E-state index contributed by atoms with van der Waals surface area (Å²) in [6, 6.07) is 2.35. The first-order valence-electron chi connectivity index (χ1n) is 7.99. The van der Waals surface area contributed by atoms with E-state index in [4.69, 9.17) is 5.73 Å². The maximum atomic E-state index is 12.2. The summed E-state index contributed by atoms with van der Waals surface area (Å²) < 4.78 is 0. The number of thiophene rings is 1. The minimum absolute atomic E-state index is 0.00307. The lowest BCUT2D eigenvalue weighted by molar-refractivity contribution is 0.0956. The van der Waals surface area contributed by atoms with Gasteiger partial charge in [-0.15, -0.1) is 11.3 Å². The van der Waals surface area contributed by atoms with E-state index in [0.29, 0.717) is 16.6 Å². The van der Waals surface area contributed by atoms with Gasteiger partial charge >= 0.3 is 0 Å². The van der Waals surface area contributed by atoms with Gasteiger partial charge in [-0.1, -0.05) is 13.8 Å². The van der Waals surface area contributed by atoms with Crippen LogP contribution in [0.5, 0.6) is 0 Å². The Morgan fingerprint density at radius 3 is 2.57 bits per heavy atom. The Balaban J connectivity index is 1.65. The average Bonchev–Trinajstić information content (AvgIpc) is 3.18. The van der Waals surface area contributed by atoms with Crippen molar-refractivity contribution in [1.82, 2.24) is 5.32 Å². The number of nitrogen functional groups attached to an aromatic ring is 1. The largest absolute Gasteiger partial charge is 0.397 e. The van der Waals surface area contributed by atoms with Crippen molar-refractivity contribution in [3.63, 3.8) is 0 Å². The molecule has 1 amide bonds. The summed E-state index contributed by atoms with van der Waals surface area (Å²) in [5, 5.41) is 4.17. The zero-order chi connectivity index (χ0) is 15.0. The monoisotopic (exact) mass is 307 g/mol. The van der Waals surface area contributed by atoms with Crippen LogP contribution in [0.25, 0.3) is 0 Å². The quantitative estimate of drug-likeness (QED) is 0.898. The van der Waals surface area contributed by atoms with Crippen LogP contribution in [-0.2, 0) is 0 Å². The lowest BCUT2D eigenvalue weighted by atomic mass is 9.87. The van der Waals surface area contributed by atoms with Gasteiger partial charge < -0.3 is 16.0 Å². The first-order valence-corrected chi connectivity index (χ1v) is 8.81. The molecule has 1 aliphatic carbocycles. The highest BCUT2D eigenvalue weighted by molar-refractivity contribution is 7.18. The number of nitrogens with one attached hydrogen (secondary N) is 1. The number of carbonyl (C=O) groups excluding carboxylic acids is 1. The van der Waals surface area contributed by atoms with Gasteiger partial charge in [0.2, 0.25) is 0 Å². The molecule has 4 nitrogen and oxygen atoms in total. The van der Waals surface area contributed by atoms with Gasteiger partial charge in [0, 0.05) is 19.1 Å². The molecule has 1 aliphatic heterocycles. The van der Waals surface area contributed by atoms with Crippen LogP contribution >= 0.6 is 11.3 Å². The summed E-state index contributed by atoms with van der Waals surface area (Å²) in [5.74, 6) is 1.60. The topological polar surface area (TPSA) is 58.4 Å². The zero-order valence-corrected chi connectivity index (χ0v) is 13.7. The van der Waals surface area contributed by atoms with Crippen LogP contribution in [0.2, 0.25) is 0 Å². The third-order valence-corrected chi connectivity index (χ3v) is 5.87. The smallest absolute Gasteiger partial charge is 0.263 e. The van der Waals surface area contributed by atoms with E-state index in [0.717, 1.165) is 42.8 Å². The van der Waals surface area contributed by atoms with Crippen molar-refractivity contribution in [2.45, 2.75) is 45.6 Å². The fourth-order valence-corrected chi connectivity index (χ4v) is 4.03. The molecule has 116 valence electrons. The second-order valence-corrected chi connectivity index (χ2v) is 7.72. The van der Waals surface area contributed by atoms with Gasteiger partial charge in [0.1, 0.15) is 4.88 Å². The average molecular weight is 307 g/mol.